The maximum atomic E-state index is 4.34. The first-order chi connectivity index (χ1) is 7.70. The van der Waals surface area contributed by atoms with E-state index < -0.39 is 0 Å². The van der Waals surface area contributed by atoms with Crippen LogP contribution in [0.25, 0.3) is 5.65 Å². The van der Waals surface area contributed by atoms with Crippen LogP contribution < -0.4 is 0 Å². The Morgan fingerprint density at radius 2 is 1.44 bits per heavy atom. The number of fused-ring (bicyclic) bond motifs is 1. The lowest BCUT2D eigenvalue weighted by molar-refractivity contribution is 1.03. The third-order valence-corrected chi connectivity index (χ3v) is 2.22. The van der Waals surface area contributed by atoms with E-state index in [0.717, 1.165) is 5.65 Å². The van der Waals surface area contributed by atoms with E-state index in [0.29, 0.717) is 0 Å². The van der Waals surface area contributed by atoms with E-state index in [9.17, 15) is 0 Å². The fourth-order valence-electron chi connectivity index (χ4n) is 1.56. The second-order valence-electron chi connectivity index (χ2n) is 3.22. The fourth-order valence-corrected chi connectivity index (χ4v) is 1.56. The van der Waals surface area contributed by atoms with E-state index in [2.05, 4.69) is 42.3 Å². The van der Waals surface area contributed by atoms with Crippen molar-refractivity contribution in [2.45, 2.75) is 48.5 Å². The summed E-state index contributed by atoms with van der Waals surface area (Å²) in [5.41, 5.74) is 4.75. The average Bonchev–Trinajstić information content (AvgIpc) is 2.73. The highest BCUT2D eigenvalue weighted by atomic mass is 15.0. The predicted molar refractivity (Wildman–Crippen MR) is 72.1 cm³/mol. The molecule has 2 aromatic rings. The van der Waals surface area contributed by atoms with Gasteiger partial charge in [0.15, 0.2) is 0 Å². The summed E-state index contributed by atoms with van der Waals surface area (Å²) in [5.74, 6) is 0. The van der Waals surface area contributed by atoms with Crippen molar-refractivity contribution in [3.05, 3.63) is 35.3 Å². The summed E-state index contributed by atoms with van der Waals surface area (Å²) in [5, 5.41) is 0. The molecule has 0 saturated carbocycles. The minimum atomic E-state index is 1.08. The highest BCUT2D eigenvalue weighted by molar-refractivity contribution is 5.49. The second-order valence-corrected chi connectivity index (χ2v) is 3.22. The molecule has 0 radical (unpaired) electrons. The van der Waals surface area contributed by atoms with Gasteiger partial charge in [-0.3, -0.25) is 0 Å². The summed E-state index contributed by atoms with van der Waals surface area (Å²) in [6, 6.07) is 4.23. The first-order valence-corrected chi connectivity index (χ1v) is 6.10. The number of aromatic nitrogens is 2. The number of imidazole rings is 1. The van der Waals surface area contributed by atoms with Crippen molar-refractivity contribution < 1.29 is 0 Å². The van der Waals surface area contributed by atoms with Gasteiger partial charge in [0, 0.05) is 17.6 Å². The van der Waals surface area contributed by atoms with Crippen molar-refractivity contribution in [2.24, 2.45) is 0 Å². The number of pyridine rings is 1. The molecule has 0 aliphatic heterocycles. The first-order valence-electron chi connectivity index (χ1n) is 6.10. The van der Waals surface area contributed by atoms with Crippen LogP contribution in [0.4, 0.5) is 0 Å². The SMILES string of the molecule is CC.CC.Cc1ccc(C)n2c(C)cnc12. The Balaban J connectivity index is 0.000000509. The molecule has 0 amide bonds. The number of hydrogen-bond acceptors (Lipinski definition) is 1. The first kappa shape index (κ1) is 14.7. The largest absolute Gasteiger partial charge is 0.301 e. The minimum absolute atomic E-state index is 1.08. The van der Waals surface area contributed by atoms with Crippen molar-refractivity contribution in [2.75, 3.05) is 0 Å². The fraction of sp³-hybridized carbons (Fsp3) is 0.500. The Morgan fingerprint density at radius 3 is 1.94 bits per heavy atom. The minimum Gasteiger partial charge on any atom is -0.301 e. The monoisotopic (exact) mass is 220 g/mol. The molecule has 0 fully saturated rings. The molecule has 90 valence electrons. The molecule has 0 saturated heterocycles. The van der Waals surface area contributed by atoms with Gasteiger partial charge in [-0.2, -0.15) is 0 Å². The van der Waals surface area contributed by atoms with Crippen LogP contribution in [0.1, 0.15) is 44.6 Å². The third-order valence-electron chi connectivity index (χ3n) is 2.22. The van der Waals surface area contributed by atoms with Gasteiger partial charge in [0.2, 0.25) is 0 Å². The molecule has 0 aliphatic rings. The Kier molecular flexibility index (Phi) is 6.47. The molecular weight excluding hydrogens is 196 g/mol. The molecule has 0 spiro atoms. The molecule has 2 heterocycles. The van der Waals surface area contributed by atoms with Crippen molar-refractivity contribution in [1.82, 2.24) is 9.38 Å². The predicted octanol–water partition coefficient (Wildman–Crippen LogP) is 4.31. The van der Waals surface area contributed by atoms with E-state index in [1.807, 2.05) is 33.9 Å². The number of rotatable bonds is 0. The van der Waals surface area contributed by atoms with E-state index in [1.165, 1.54) is 17.0 Å². The van der Waals surface area contributed by atoms with Crippen molar-refractivity contribution in [3.63, 3.8) is 0 Å². The lowest BCUT2D eigenvalue weighted by atomic mass is 10.2. The lowest BCUT2D eigenvalue weighted by Crippen LogP contribution is -1.94. The molecule has 16 heavy (non-hydrogen) atoms. The van der Waals surface area contributed by atoms with Gasteiger partial charge in [-0.15, -0.1) is 0 Å². The van der Waals surface area contributed by atoms with Crippen LogP contribution in [-0.4, -0.2) is 9.38 Å². The molecule has 2 heteroatoms. The van der Waals surface area contributed by atoms with Crippen LogP contribution in [0.2, 0.25) is 0 Å². The Bertz CT molecular complexity index is 427. The molecule has 2 nitrogen and oxygen atoms in total. The van der Waals surface area contributed by atoms with Crippen molar-refractivity contribution in [3.8, 4) is 0 Å². The molecule has 0 aliphatic carbocycles. The van der Waals surface area contributed by atoms with Crippen LogP contribution in [0.5, 0.6) is 0 Å². The Morgan fingerprint density at radius 1 is 0.875 bits per heavy atom. The van der Waals surface area contributed by atoms with Gasteiger partial charge in [0.05, 0.1) is 0 Å². The van der Waals surface area contributed by atoms with Crippen LogP contribution in [0, 0.1) is 20.8 Å². The average molecular weight is 220 g/mol. The molecule has 0 bridgehead atoms. The van der Waals surface area contributed by atoms with Gasteiger partial charge in [-0.1, -0.05) is 33.8 Å². The summed E-state index contributed by atoms with van der Waals surface area (Å²) in [4.78, 5) is 4.34. The molecule has 0 atom stereocenters. The Hall–Kier alpha value is -1.31. The number of hydrogen-bond donors (Lipinski definition) is 0. The maximum Gasteiger partial charge on any atom is 0.140 e. The second kappa shape index (κ2) is 7.04. The van der Waals surface area contributed by atoms with Crippen LogP contribution >= 0.6 is 0 Å². The van der Waals surface area contributed by atoms with Gasteiger partial charge in [0.1, 0.15) is 5.65 Å². The van der Waals surface area contributed by atoms with Gasteiger partial charge in [-0.05, 0) is 32.4 Å². The molecule has 0 aromatic carbocycles. The zero-order chi connectivity index (χ0) is 12.7. The zero-order valence-corrected chi connectivity index (χ0v) is 11.6. The quantitative estimate of drug-likeness (QED) is 0.646. The van der Waals surface area contributed by atoms with E-state index in [4.69, 9.17) is 0 Å². The maximum absolute atomic E-state index is 4.34. The lowest BCUT2D eigenvalue weighted by Gasteiger charge is -2.03. The zero-order valence-electron chi connectivity index (χ0n) is 11.6. The summed E-state index contributed by atoms with van der Waals surface area (Å²) in [6.07, 6.45) is 1.91. The van der Waals surface area contributed by atoms with Gasteiger partial charge >= 0.3 is 0 Å². The molecule has 0 unspecified atom stereocenters. The molecular formula is C14H24N2. The van der Waals surface area contributed by atoms with Crippen LogP contribution in [-0.2, 0) is 0 Å². The van der Waals surface area contributed by atoms with Crippen LogP contribution in [0.3, 0.4) is 0 Å². The normalized spacial score (nSPS) is 8.94. The number of nitrogens with zero attached hydrogens (tertiary/aromatic N) is 2. The third kappa shape index (κ3) is 2.84. The summed E-state index contributed by atoms with van der Waals surface area (Å²) in [7, 11) is 0. The molecule has 2 rings (SSSR count). The smallest absolute Gasteiger partial charge is 0.140 e. The van der Waals surface area contributed by atoms with E-state index in [-0.39, 0.29) is 0 Å². The summed E-state index contributed by atoms with van der Waals surface area (Å²) in [6.45, 7) is 14.3. The molecule has 2 aromatic heterocycles. The topological polar surface area (TPSA) is 17.3 Å². The van der Waals surface area contributed by atoms with Crippen molar-refractivity contribution in [1.29, 1.82) is 0 Å². The van der Waals surface area contributed by atoms with Crippen molar-refractivity contribution >= 4 is 5.65 Å². The number of aryl methyl sites for hydroxylation is 3. The highest BCUT2D eigenvalue weighted by Gasteiger charge is 2.02. The van der Waals surface area contributed by atoms with Gasteiger partial charge < -0.3 is 4.40 Å². The van der Waals surface area contributed by atoms with Gasteiger partial charge in [0.25, 0.3) is 0 Å². The molecule has 0 N–H and O–H groups in total. The summed E-state index contributed by atoms with van der Waals surface area (Å²) < 4.78 is 2.18. The highest BCUT2D eigenvalue weighted by Crippen LogP contribution is 2.13. The standard InChI is InChI=1S/C10H12N2.2C2H6/c1-7-4-5-8(2)12-9(3)6-11-10(7)12;2*1-2/h4-6H,1-3H3;2*1-2H3. The van der Waals surface area contributed by atoms with E-state index in [1.54, 1.807) is 0 Å². The summed E-state index contributed by atoms with van der Waals surface area (Å²) >= 11 is 0. The van der Waals surface area contributed by atoms with E-state index >= 15 is 0 Å². The van der Waals surface area contributed by atoms with Gasteiger partial charge in [-0.25, -0.2) is 4.98 Å². The Labute approximate surface area is 99.3 Å². The van der Waals surface area contributed by atoms with Crippen LogP contribution in [0.15, 0.2) is 18.3 Å².